The fourth-order valence-corrected chi connectivity index (χ4v) is 4.74. The summed E-state index contributed by atoms with van der Waals surface area (Å²) in [5.41, 5.74) is 4.72. The summed E-state index contributed by atoms with van der Waals surface area (Å²) in [6.45, 7) is 0.307. The predicted molar refractivity (Wildman–Crippen MR) is 96.3 cm³/mol. The molecule has 6 heteroatoms. The fraction of sp³-hybridized carbons (Fsp3) is 0.450. The lowest BCUT2D eigenvalue weighted by atomic mass is 9.79. The van der Waals surface area contributed by atoms with Crippen LogP contribution in [0.4, 0.5) is 8.78 Å². The third-order valence-corrected chi connectivity index (χ3v) is 6.08. The van der Waals surface area contributed by atoms with Crippen molar-refractivity contribution in [2.24, 2.45) is 5.92 Å². The molecule has 0 bridgehead atoms. The van der Waals surface area contributed by atoms with Crippen LogP contribution in [0.25, 0.3) is 16.5 Å². The zero-order valence-electron chi connectivity index (χ0n) is 14.6. The molecule has 3 aliphatic rings. The molecule has 0 radical (unpaired) electrons. The van der Waals surface area contributed by atoms with Gasteiger partial charge in [-0.1, -0.05) is 18.2 Å². The van der Waals surface area contributed by atoms with Gasteiger partial charge in [0.25, 0.3) is 0 Å². The zero-order chi connectivity index (χ0) is 18.0. The van der Waals surface area contributed by atoms with E-state index < -0.39 is 12.3 Å². The molecule has 1 aromatic heterocycles. The Hall–Kier alpha value is -2.21. The van der Waals surface area contributed by atoms with Gasteiger partial charge in [0.2, 0.25) is 5.91 Å². The maximum atomic E-state index is 13.5. The summed E-state index contributed by atoms with van der Waals surface area (Å²) in [5.74, 6) is -0.530. The smallest absolute Gasteiger partial charge is 0.231 e. The van der Waals surface area contributed by atoms with Gasteiger partial charge >= 0.3 is 0 Å². The summed E-state index contributed by atoms with van der Waals surface area (Å²) < 4.78 is 27.0. The number of aromatic amines is 1. The number of likely N-dealkylation sites (tertiary alicyclic amines) is 1. The molecule has 1 saturated heterocycles. The van der Waals surface area contributed by atoms with Crippen molar-refractivity contribution in [3.8, 4) is 0 Å². The Balaban J connectivity index is 1.54. The molecule has 4 unspecified atom stereocenters. The van der Waals surface area contributed by atoms with Crippen LogP contribution in [0.15, 0.2) is 30.5 Å². The van der Waals surface area contributed by atoms with Crippen molar-refractivity contribution in [3.63, 3.8) is 0 Å². The first-order valence-electron chi connectivity index (χ1n) is 9.11. The van der Waals surface area contributed by atoms with E-state index in [0.29, 0.717) is 6.54 Å². The van der Waals surface area contributed by atoms with Crippen molar-refractivity contribution in [2.45, 2.75) is 24.8 Å². The second-order valence-corrected chi connectivity index (χ2v) is 7.71. The number of rotatable bonds is 1. The highest BCUT2D eigenvalue weighted by atomic mass is 19.2. The van der Waals surface area contributed by atoms with Crippen molar-refractivity contribution in [1.29, 1.82) is 0 Å². The van der Waals surface area contributed by atoms with E-state index in [-0.39, 0.29) is 31.0 Å². The van der Waals surface area contributed by atoms with Crippen LogP contribution in [0.5, 0.6) is 0 Å². The van der Waals surface area contributed by atoms with Crippen LogP contribution >= 0.6 is 0 Å². The summed E-state index contributed by atoms with van der Waals surface area (Å²) in [6.07, 6.45) is 1.89. The summed E-state index contributed by atoms with van der Waals surface area (Å²) in [5, 5.41) is 1.23. The van der Waals surface area contributed by atoms with Crippen molar-refractivity contribution < 1.29 is 13.6 Å². The number of nitrogens with zero attached hydrogens (tertiary/aromatic N) is 2. The normalized spacial score (nSPS) is 31.2. The van der Waals surface area contributed by atoms with Gasteiger partial charge in [-0.25, -0.2) is 8.78 Å². The first-order chi connectivity index (χ1) is 12.5. The number of alkyl halides is 2. The molecule has 5 rings (SSSR count). The van der Waals surface area contributed by atoms with Crippen LogP contribution < -0.4 is 0 Å². The molecule has 4 atom stereocenters. The first kappa shape index (κ1) is 16.0. The third kappa shape index (κ3) is 2.24. The number of fused-ring (bicyclic) bond motifs is 2. The van der Waals surface area contributed by atoms with E-state index in [9.17, 15) is 13.6 Å². The Morgan fingerprint density at radius 1 is 1.19 bits per heavy atom. The Morgan fingerprint density at radius 3 is 2.73 bits per heavy atom. The molecule has 0 spiro atoms. The number of halogens is 2. The number of benzene rings is 1. The number of H-pyrrole nitrogens is 1. The zero-order valence-corrected chi connectivity index (χ0v) is 14.6. The minimum atomic E-state index is -1.56. The van der Waals surface area contributed by atoms with Gasteiger partial charge in [-0.3, -0.25) is 9.69 Å². The molecular formula is C20H21F2N3O. The molecule has 136 valence electrons. The molecule has 4 nitrogen and oxygen atoms in total. The average molecular weight is 357 g/mol. The Morgan fingerprint density at radius 2 is 1.96 bits per heavy atom. The number of carbonyl (C=O) groups excluding carboxylic acids is 1. The quantitative estimate of drug-likeness (QED) is 0.852. The lowest BCUT2D eigenvalue weighted by Crippen LogP contribution is -2.47. The van der Waals surface area contributed by atoms with Gasteiger partial charge in [-0.05, 0) is 36.2 Å². The van der Waals surface area contributed by atoms with Crippen LogP contribution in [0, 0.1) is 5.92 Å². The van der Waals surface area contributed by atoms with Crippen molar-refractivity contribution in [1.82, 2.24) is 14.8 Å². The van der Waals surface area contributed by atoms with Crippen molar-refractivity contribution >= 4 is 22.4 Å². The highest BCUT2D eigenvalue weighted by molar-refractivity contribution is 5.99. The average Bonchev–Trinajstić information content (AvgIpc) is 3.20. The second-order valence-electron chi connectivity index (χ2n) is 7.71. The summed E-state index contributed by atoms with van der Waals surface area (Å²) >= 11 is 0. The molecule has 1 fully saturated rings. The van der Waals surface area contributed by atoms with Gasteiger partial charge in [-0.2, -0.15) is 0 Å². The standard InChI is InChI=1S/C20H21F2N3O/c1-24-8-12(20(26)25-9-15(21)16(22)10-25)5-14-13-3-2-4-17-19(13)11(7-23-17)6-18(14)24/h2-5,7,12,15-16,18,23H,6,8-10H2,1H3. The van der Waals surface area contributed by atoms with Gasteiger partial charge < -0.3 is 9.88 Å². The van der Waals surface area contributed by atoms with E-state index in [0.717, 1.165) is 23.1 Å². The summed E-state index contributed by atoms with van der Waals surface area (Å²) in [4.78, 5) is 19.7. The molecule has 3 heterocycles. The van der Waals surface area contributed by atoms with Gasteiger partial charge in [0.15, 0.2) is 12.3 Å². The molecule has 0 saturated carbocycles. The van der Waals surface area contributed by atoms with Crippen molar-refractivity contribution in [3.05, 3.63) is 41.6 Å². The molecule has 26 heavy (non-hydrogen) atoms. The molecule has 2 aromatic rings. The number of hydrogen-bond donors (Lipinski definition) is 1. The maximum absolute atomic E-state index is 13.5. The van der Waals surface area contributed by atoms with Crippen LogP contribution in [0.3, 0.4) is 0 Å². The van der Waals surface area contributed by atoms with Crippen LogP contribution in [-0.2, 0) is 11.2 Å². The monoisotopic (exact) mass is 357 g/mol. The number of aromatic nitrogens is 1. The van der Waals surface area contributed by atoms with Gasteiger partial charge in [0.1, 0.15) is 0 Å². The van der Waals surface area contributed by atoms with Crippen LogP contribution in [0.1, 0.15) is 11.1 Å². The van der Waals surface area contributed by atoms with Crippen LogP contribution in [0.2, 0.25) is 0 Å². The topological polar surface area (TPSA) is 39.3 Å². The number of amides is 1. The van der Waals surface area contributed by atoms with Gasteiger partial charge in [0.05, 0.1) is 19.0 Å². The molecule has 1 N–H and O–H groups in total. The molecule has 2 aliphatic heterocycles. The minimum absolute atomic E-state index is 0.135. The number of nitrogens with one attached hydrogen (secondary N) is 1. The van der Waals surface area contributed by atoms with Crippen molar-refractivity contribution in [2.75, 3.05) is 26.7 Å². The lowest BCUT2D eigenvalue weighted by Gasteiger charge is -2.40. The van der Waals surface area contributed by atoms with E-state index >= 15 is 0 Å². The number of hydrogen-bond acceptors (Lipinski definition) is 2. The van der Waals surface area contributed by atoms with E-state index in [1.807, 2.05) is 19.2 Å². The largest absolute Gasteiger partial charge is 0.361 e. The lowest BCUT2D eigenvalue weighted by molar-refractivity contribution is -0.134. The molecule has 1 amide bonds. The molecule has 1 aromatic carbocycles. The van der Waals surface area contributed by atoms with E-state index in [1.165, 1.54) is 15.8 Å². The highest BCUT2D eigenvalue weighted by Crippen LogP contribution is 2.41. The van der Waals surface area contributed by atoms with Crippen LogP contribution in [-0.4, -0.2) is 65.8 Å². The van der Waals surface area contributed by atoms with E-state index in [1.54, 1.807) is 0 Å². The minimum Gasteiger partial charge on any atom is -0.361 e. The number of carbonyl (C=O) groups is 1. The van der Waals surface area contributed by atoms with Gasteiger partial charge in [-0.15, -0.1) is 0 Å². The predicted octanol–water partition coefficient (Wildman–Crippen LogP) is 2.56. The Kier molecular flexibility index (Phi) is 3.47. The van der Waals surface area contributed by atoms with Gasteiger partial charge in [0, 0.05) is 29.7 Å². The number of likely N-dealkylation sites (N-methyl/N-ethyl adjacent to an activating group) is 1. The SMILES string of the molecule is CN1CC(C(=O)N2CC(F)C(F)C2)C=C2c3cccc4[nH]cc(c34)CC21. The third-order valence-electron chi connectivity index (χ3n) is 6.08. The van der Waals surface area contributed by atoms with E-state index in [2.05, 4.69) is 28.2 Å². The van der Waals surface area contributed by atoms with E-state index in [4.69, 9.17) is 0 Å². The Bertz CT molecular complexity index is 911. The molecular weight excluding hydrogens is 336 g/mol. The molecule has 1 aliphatic carbocycles. The second kappa shape index (κ2) is 5.64. The fourth-order valence-electron chi connectivity index (χ4n) is 4.74. The first-order valence-corrected chi connectivity index (χ1v) is 9.11. The highest BCUT2D eigenvalue weighted by Gasteiger charge is 2.41. The summed E-state index contributed by atoms with van der Waals surface area (Å²) in [6, 6.07) is 6.41. The maximum Gasteiger partial charge on any atom is 0.231 e. The summed E-state index contributed by atoms with van der Waals surface area (Å²) in [7, 11) is 2.02. The Labute approximate surface area is 150 Å².